The molecule has 0 unspecified atom stereocenters. The van der Waals surface area contributed by atoms with Crippen molar-refractivity contribution in [2.75, 3.05) is 6.61 Å². The van der Waals surface area contributed by atoms with Crippen LogP contribution in [0.15, 0.2) is 23.2 Å². The van der Waals surface area contributed by atoms with Gasteiger partial charge in [0.15, 0.2) is 11.6 Å². The minimum absolute atomic E-state index is 0.228. The zero-order valence-corrected chi connectivity index (χ0v) is 7.90. The van der Waals surface area contributed by atoms with Crippen LogP contribution in [-0.4, -0.2) is 11.8 Å². The van der Waals surface area contributed by atoms with Gasteiger partial charge in [-0.15, -0.1) is 0 Å². The maximum Gasteiger partial charge on any atom is 0.167 e. The first-order valence-electron chi connectivity index (χ1n) is 3.78. The van der Waals surface area contributed by atoms with Gasteiger partial charge in [0.1, 0.15) is 0 Å². The second kappa shape index (κ2) is 4.70. The van der Waals surface area contributed by atoms with E-state index in [0.717, 1.165) is 0 Å². The molecule has 4 heteroatoms. The molecule has 0 saturated carbocycles. The molecule has 0 N–H and O–H groups in total. The maximum absolute atomic E-state index is 13.1. The quantitative estimate of drug-likeness (QED) is 0.549. The third-order valence-corrected chi connectivity index (χ3v) is 1.48. The van der Waals surface area contributed by atoms with Crippen molar-refractivity contribution in [1.82, 2.24) is 0 Å². The lowest BCUT2D eigenvalue weighted by molar-refractivity contribution is 0.321. The summed E-state index contributed by atoms with van der Waals surface area (Å²) in [6.07, 6.45) is 0. The van der Waals surface area contributed by atoms with Crippen LogP contribution < -0.4 is 4.74 Å². The minimum Gasteiger partial charge on any atom is -0.491 e. The molecule has 0 heterocycles. The standard InChI is InChI=1S/C9H8FNOS/c1-2-12-9-4-3-7(11-6-13)5-8(9)10/h3-5H,2H2,1H3. The Labute approximate surface area is 81.1 Å². The predicted molar refractivity (Wildman–Crippen MR) is 52.3 cm³/mol. The van der Waals surface area contributed by atoms with Gasteiger partial charge in [-0.1, -0.05) is 0 Å². The van der Waals surface area contributed by atoms with Crippen molar-refractivity contribution in [2.24, 2.45) is 4.99 Å². The van der Waals surface area contributed by atoms with Crippen molar-refractivity contribution in [3.05, 3.63) is 24.0 Å². The van der Waals surface area contributed by atoms with Gasteiger partial charge in [-0.05, 0) is 31.3 Å². The second-order valence-corrected chi connectivity index (χ2v) is 2.43. The highest BCUT2D eigenvalue weighted by molar-refractivity contribution is 7.78. The molecule has 0 bridgehead atoms. The van der Waals surface area contributed by atoms with E-state index in [4.69, 9.17) is 4.74 Å². The highest BCUT2D eigenvalue weighted by Gasteiger charge is 2.02. The number of benzene rings is 1. The molecule has 1 aromatic rings. The lowest BCUT2D eigenvalue weighted by Crippen LogP contribution is -1.93. The van der Waals surface area contributed by atoms with Crippen molar-refractivity contribution >= 4 is 23.1 Å². The Balaban J connectivity index is 2.97. The highest BCUT2D eigenvalue weighted by Crippen LogP contribution is 2.22. The predicted octanol–water partition coefficient (Wildman–Crippen LogP) is 2.96. The van der Waals surface area contributed by atoms with E-state index in [9.17, 15) is 4.39 Å². The van der Waals surface area contributed by atoms with E-state index < -0.39 is 5.82 Å². The van der Waals surface area contributed by atoms with Crippen molar-refractivity contribution in [3.8, 4) is 5.75 Å². The summed E-state index contributed by atoms with van der Waals surface area (Å²) in [6.45, 7) is 2.23. The summed E-state index contributed by atoms with van der Waals surface area (Å²) >= 11 is 4.39. The zero-order chi connectivity index (χ0) is 9.68. The van der Waals surface area contributed by atoms with Crippen LogP contribution in [-0.2, 0) is 0 Å². The summed E-state index contributed by atoms with van der Waals surface area (Å²) < 4.78 is 18.1. The molecule has 1 rings (SSSR count). The summed E-state index contributed by atoms with van der Waals surface area (Å²) in [6, 6.07) is 4.39. The molecule has 0 aromatic heterocycles. The number of ether oxygens (including phenoxy) is 1. The van der Waals surface area contributed by atoms with E-state index in [1.807, 2.05) is 0 Å². The monoisotopic (exact) mass is 197 g/mol. The van der Waals surface area contributed by atoms with Crippen LogP contribution in [0, 0.1) is 5.82 Å². The first-order valence-corrected chi connectivity index (χ1v) is 4.19. The number of thiocarbonyl (C=S) groups is 1. The minimum atomic E-state index is -0.437. The summed E-state index contributed by atoms with van der Waals surface area (Å²) in [5.41, 5.74) is 0.441. The normalized spacial score (nSPS) is 9.08. The molecule has 0 fully saturated rings. The van der Waals surface area contributed by atoms with Crippen molar-refractivity contribution in [3.63, 3.8) is 0 Å². The molecule has 0 spiro atoms. The Kier molecular flexibility index (Phi) is 3.55. The molecule has 1 aromatic carbocycles. The van der Waals surface area contributed by atoms with E-state index in [1.54, 1.807) is 13.0 Å². The Morgan fingerprint density at radius 1 is 1.62 bits per heavy atom. The van der Waals surface area contributed by atoms with Crippen LogP contribution in [0.2, 0.25) is 0 Å². The van der Waals surface area contributed by atoms with E-state index in [0.29, 0.717) is 12.3 Å². The summed E-state index contributed by atoms with van der Waals surface area (Å²) in [4.78, 5) is 3.64. The molecular formula is C9H8FNOS. The molecule has 0 aliphatic carbocycles. The fourth-order valence-electron chi connectivity index (χ4n) is 0.885. The Hall–Kier alpha value is -1.25. The maximum atomic E-state index is 13.1. The molecule has 0 atom stereocenters. The summed E-state index contributed by atoms with van der Waals surface area (Å²) in [5.74, 6) is -0.209. The zero-order valence-electron chi connectivity index (χ0n) is 7.08. The van der Waals surface area contributed by atoms with Gasteiger partial charge in [0.2, 0.25) is 0 Å². The third kappa shape index (κ3) is 2.61. The summed E-state index contributed by atoms with van der Waals surface area (Å²) in [5, 5.41) is 2.16. The lowest BCUT2D eigenvalue weighted by atomic mass is 10.3. The molecule has 2 nitrogen and oxygen atoms in total. The summed E-state index contributed by atoms with van der Waals surface area (Å²) in [7, 11) is 0. The average molecular weight is 197 g/mol. The Morgan fingerprint density at radius 3 is 2.92 bits per heavy atom. The van der Waals surface area contributed by atoms with Crippen LogP contribution >= 0.6 is 12.2 Å². The van der Waals surface area contributed by atoms with Gasteiger partial charge in [-0.3, -0.25) is 0 Å². The first-order chi connectivity index (χ1) is 6.27. The van der Waals surface area contributed by atoms with E-state index in [-0.39, 0.29) is 5.75 Å². The number of aliphatic imine (C=N–C) groups is 1. The van der Waals surface area contributed by atoms with Crippen LogP contribution in [0.5, 0.6) is 5.75 Å². The highest BCUT2D eigenvalue weighted by atomic mass is 32.1. The molecule has 0 aliphatic heterocycles. The fourth-order valence-corrected chi connectivity index (χ4v) is 0.990. The third-order valence-electron chi connectivity index (χ3n) is 1.39. The van der Waals surface area contributed by atoms with Crippen LogP contribution in [0.1, 0.15) is 6.92 Å². The number of hydrogen-bond donors (Lipinski definition) is 0. The first kappa shape index (κ1) is 9.84. The smallest absolute Gasteiger partial charge is 0.167 e. The molecule has 0 radical (unpaired) electrons. The number of rotatable bonds is 3. The number of isothiocyanates is 1. The largest absolute Gasteiger partial charge is 0.491 e. The SMILES string of the molecule is CCOc1ccc(N=C=S)cc1F. The number of nitrogens with zero attached hydrogens (tertiary/aromatic N) is 1. The molecule has 13 heavy (non-hydrogen) atoms. The van der Waals surface area contributed by atoms with Gasteiger partial charge >= 0.3 is 0 Å². The van der Waals surface area contributed by atoms with Gasteiger partial charge in [-0.25, -0.2) is 4.39 Å². The van der Waals surface area contributed by atoms with Crippen molar-refractivity contribution < 1.29 is 9.13 Å². The van der Waals surface area contributed by atoms with Gasteiger partial charge in [0.05, 0.1) is 17.5 Å². The lowest BCUT2D eigenvalue weighted by Gasteiger charge is -2.03. The topological polar surface area (TPSA) is 21.6 Å². The fraction of sp³-hybridized carbons (Fsp3) is 0.222. The molecule has 68 valence electrons. The van der Waals surface area contributed by atoms with Crippen molar-refractivity contribution in [1.29, 1.82) is 0 Å². The van der Waals surface area contributed by atoms with Gasteiger partial charge in [-0.2, -0.15) is 4.99 Å². The van der Waals surface area contributed by atoms with Gasteiger partial charge in [0, 0.05) is 6.07 Å². The molecule has 0 amide bonds. The van der Waals surface area contributed by atoms with E-state index in [2.05, 4.69) is 22.4 Å². The van der Waals surface area contributed by atoms with E-state index in [1.165, 1.54) is 12.1 Å². The number of hydrogen-bond acceptors (Lipinski definition) is 3. The van der Waals surface area contributed by atoms with Crippen LogP contribution in [0.25, 0.3) is 0 Å². The van der Waals surface area contributed by atoms with Crippen molar-refractivity contribution in [2.45, 2.75) is 6.92 Å². The van der Waals surface area contributed by atoms with Crippen LogP contribution in [0.3, 0.4) is 0 Å². The van der Waals surface area contributed by atoms with Gasteiger partial charge in [0.25, 0.3) is 0 Å². The second-order valence-electron chi connectivity index (χ2n) is 2.25. The Morgan fingerprint density at radius 2 is 2.38 bits per heavy atom. The average Bonchev–Trinajstić information content (AvgIpc) is 2.10. The molecule has 0 saturated heterocycles. The molecular weight excluding hydrogens is 189 g/mol. The number of halogens is 1. The van der Waals surface area contributed by atoms with Gasteiger partial charge < -0.3 is 4.74 Å². The Bertz CT molecular complexity index is 347. The van der Waals surface area contributed by atoms with E-state index >= 15 is 0 Å². The van der Waals surface area contributed by atoms with Crippen LogP contribution in [0.4, 0.5) is 10.1 Å². The molecule has 0 aliphatic rings.